The molecule has 78 valence electrons. The van der Waals surface area contributed by atoms with Gasteiger partial charge in [0, 0.05) is 16.1 Å². The number of fused-ring (bicyclic) bond motifs is 1. The topological polar surface area (TPSA) is 13.1 Å². The van der Waals surface area contributed by atoms with E-state index in [0.29, 0.717) is 10.7 Å². The van der Waals surface area contributed by atoms with Gasteiger partial charge in [0.05, 0.1) is 0 Å². The molecule has 2 aromatic rings. The third-order valence-corrected chi connectivity index (χ3v) is 4.34. The third-order valence-electron chi connectivity index (χ3n) is 3.24. The first kappa shape index (κ1) is 9.46. The van der Waals surface area contributed by atoms with Gasteiger partial charge in [-0.15, -0.1) is 0 Å². The molecular formula is C13H13BrO. The predicted octanol–water partition coefficient (Wildman–Crippen LogP) is 4.46. The molecule has 1 aliphatic rings. The molecule has 0 aliphatic heterocycles. The Morgan fingerprint density at radius 2 is 2.07 bits per heavy atom. The quantitative estimate of drug-likeness (QED) is 0.693. The fourth-order valence-electron chi connectivity index (χ4n) is 2.42. The number of hydrogen-bond donors (Lipinski definition) is 0. The van der Waals surface area contributed by atoms with Gasteiger partial charge in [0.15, 0.2) is 0 Å². The van der Waals surface area contributed by atoms with Gasteiger partial charge in [0.2, 0.25) is 0 Å². The number of halogens is 1. The van der Waals surface area contributed by atoms with Crippen LogP contribution in [0.2, 0.25) is 0 Å². The Bertz CT molecular complexity index is 441. The molecule has 1 aliphatic carbocycles. The first-order chi connectivity index (χ1) is 7.34. The summed E-state index contributed by atoms with van der Waals surface area (Å²) in [7, 11) is 0. The number of para-hydroxylation sites is 1. The lowest BCUT2D eigenvalue weighted by Gasteiger charge is -2.09. The average molecular weight is 265 g/mol. The van der Waals surface area contributed by atoms with Crippen LogP contribution in [0.3, 0.4) is 0 Å². The third kappa shape index (κ3) is 1.61. The van der Waals surface area contributed by atoms with Gasteiger partial charge < -0.3 is 4.42 Å². The van der Waals surface area contributed by atoms with Gasteiger partial charge in [-0.1, -0.05) is 40.5 Å². The highest BCUT2D eigenvalue weighted by Crippen LogP contribution is 2.40. The van der Waals surface area contributed by atoms with Crippen LogP contribution in [0.15, 0.2) is 34.7 Å². The van der Waals surface area contributed by atoms with Gasteiger partial charge >= 0.3 is 0 Å². The molecule has 1 heterocycles. The summed E-state index contributed by atoms with van der Waals surface area (Å²) in [5, 5.41) is 1.22. The number of furan rings is 1. The molecule has 0 radical (unpaired) electrons. The Morgan fingerprint density at radius 1 is 1.20 bits per heavy atom. The van der Waals surface area contributed by atoms with Gasteiger partial charge in [-0.05, 0) is 25.0 Å². The van der Waals surface area contributed by atoms with Crippen molar-refractivity contribution < 1.29 is 4.42 Å². The standard InChI is InChI=1S/C13H13BrO/c14-11-6-3-5-10(11)13-8-9-4-1-2-7-12(9)15-13/h1-2,4,7-8,10-11H,3,5-6H2. The summed E-state index contributed by atoms with van der Waals surface area (Å²) in [5.41, 5.74) is 1.01. The van der Waals surface area contributed by atoms with Crippen molar-refractivity contribution in [3.63, 3.8) is 0 Å². The summed E-state index contributed by atoms with van der Waals surface area (Å²) >= 11 is 3.74. The van der Waals surface area contributed by atoms with Crippen molar-refractivity contribution in [2.75, 3.05) is 0 Å². The maximum Gasteiger partial charge on any atom is 0.134 e. The number of alkyl halides is 1. The Hall–Kier alpha value is -0.760. The van der Waals surface area contributed by atoms with E-state index < -0.39 is 0 Å². The maximum atomic E-state index is 5.89. The molecule has 1 saturated carbocycles. The van der Waals surface area contributed by atoms with E-state index in [-0.39, 0.29) is 0 Å². The first-order valence-electron chi connectivity index (χ1n) is 5.47. The van der Waals surface area contributed by atoms with Crippen molar-refractivity contribution >= 4 is 26.9 Å². The van der Waals surface area contributed by atoms with Crippen LogP contribution in [0.25, 0.3) is 11.0 Å². The highest BCUT2D eigenvalue weighted by Gasteiger charge is 2.28. The predicted molar refractivity (Wildman–Crippen MR) is 65.5 cm³/mol. The van der Waals surface area contributed by atoms with Gasteiger partial charge in [0.25, 0.3) is 0 Å². The van der Waals surface area contributed by atoms with Crippen molar-refractivity contribution in [1.29, 1.82) is 0 Å². The Labute approximate surface area is 97.6 Å². The summed E-state index contributed by atoms with van der Waals surface area (Å²) in [5.74, 6) is 1.72. The molecule has 15 heavy (non-hydrogen) atoms. The van der Waals surface area contributed by atoms with Crippen LogP contribution in [-0.4, -0.2) is 4.83 Å². The largest absolute Gasteiger partial charge is 0.461 e. The highest BCUT2D eigenvalue weighted by molar-refractivity contribution is 9.09. The van der Waals surface area contributed by atoms with Crippen LogP contribution in [0.1, 0.15) is 30.9 Å². The Kier molecular flexibility index (Phi) is 2.32. The number of benzene rings is 1. The Morgan fingerprint density at radius 3 is 2.80 bits per heavy atom. The SMILES string of the molecule is BrC1CCCC1c1cc2ccccc2o1. The molecule has 0 N–H and O–H groups in total. The minimum atomic E-state index is 0.567. The van der Waals surface area contributed by atoms with E-state index in [1.807, 2.05) is 12.1 Å². The summed E-state index contributed by atoms with van der Waals surface area (Å²) < 4.78 is 5.89. The van der Waals surface area contributed by atoms with E-state index in [4.69, 9.17) is 4.42 Å². The number of rotatable bonds is 1. The second-order valence-corrected chi connectivity index (χ2v) is 5.42. The first-order valence-corrected chi connectivity index (χ1v) is 6.39. The van der Waals surface area contributed by atoms with Crippen LogP contribution in [0.5, 0.6) is 0 Å². The molecule has 3 rings (SSSR count). The van der Waals surface area contributed by atoms with E-state index in [2.05, 4.69) is 34.1 Å². The summed E-state index contributed by atoms with van der Waals surface area (Å²) in [6.45, 7) is 0. The van der Waals surface area contributed by atoms with E-state index in [9.17, 15) is 0 Å². The lowest BCUT2D eigenvalue weighted by molar-refractivity contribution is 0.500. The fourth-order valence-corrected chi connectivity index (χ4v) is 3.27. The monoisotopic (exact) mass is 264 g/mol. The highest BCUT2D eigenvalue weighted by atomic mass is 79.9. The van der Waals surface area contributed by atoms with Crippen molar-refractivity contribution in [1.82, 2.24) is 0 Å². The van der Waals surface area contributed by atoms with E-state index in [1.54, 1.807) is 0 Å². The fraction of sp³-hybridized carbons (Fsp3) is 0.385. The summed E-state index contributed by atoms with van der Waals surface area (Å²) in [6.07, 6.45) is 3.81. The van der Waals surface area contributed by atoms with E-state index >= 15 is 0 Å². The summed E-state index contributed by atoms with van der Waals surface area (Å²) in [4.78, 5) is 0.595. The smallest absolute Gasteiger partial charge is 0.134 e. The zero-order valence-corrected chi connectivity index (χ0v) is 10.0. The Balaban J connectivity index is 2.04. The second kappa shape index (κ2) is 3.67. The lowest BCUT2D eigenvalue weighted by atomic mass is 10.1. The molecule has 0 bridgehead atoms. The molecule has 1 aromatic heterocycles. The minimum absolute atomic E-state index is 0.567. The molecule has 0 saturated heterocycles. The average Bonchev–Trinajstić information content (AvgIpc) is 2.82. The van der Waals surface area contributed by atoms with Gasteiger partial charge in [-0.25, -0.2) is 0 Å². The van der Waals surface area contributed by atoms with Crippen LogP contribution >= 0.6 is 15.9 Å². The van der Waals surface area contributed by atoms with Crippen molar-refractivity contribution in [2.45, 2.75) is 30.0 Å². The van der Waals surface area contributed by atoms with Crippen LogP contribution in [0, 0.1) is 0 Å². The van der Waals surface area contributed by atoms with E-state index in [0.717, 1.165) is 11.3 Å². The van der Waals surface area contributed by atoms with Gasteiger partial charge in [-0.2, -0.15) is 0 Å². The second-order valence-electron chi connectivity index (χ2n) is 4.24. The molecule has 0 amide bonds. The van der Waals surface area contributed by atoms with Gasteiger partial charge in [-0.3, -0.25) is 0 Å². The molecule has 2 heteroatoms. The lowest BCUT2D eigenvalue weighted by Crippen LogP contribution is -2.02. The molecule has 1 nitrogen and oxygen atoms in total. The zero-order valence-electron chi connectivity index (χ0n) is 8.45. The zero-order chi connectivity index (χ0) is 10.3. The molecule has 2 unspecified atom stereocenters. The minimum Gasteiger partial charge on any atom is -0.461 e. The van der Waals surface area contributed by atoms with Crippen molar-refractivity contribution in [3.05, 3.63) is 36.1 Å². The van der Waals surface area contributed by atoms with Gasteiger partial charge in [0.1, 0.15) is 11.3 Å². The molecule has 1 aromatic carbocycles. The molecule has 1 fully saturated rings. The molecule has 2 atom stereocenters. The molecule has 0 spiro atoms. The van der Waals surface area contributed by atoms with Crippen molar-refractivity contribution in [2.24, 2.45) is 0 Å². The van der Waals surface area contributed by atoms with Crippen molar-refractivity contribution in [3.8, 4) is 0 Å². The van der Waals surface area contributed by atoms with Crippen LogP contribution in [-0.2, 0) is 0 Å². The van der Waals surface area contributed by atoms with E-state index in [1.165, 1.54) is 24.6 Å². The van der Waals surface area contributed by atoms with Crippen LogP contribution in [0.4, 0.5) is 0 Å². The summed E-state index contributed by atoms with van der Waals surface area (Å²) in [6, 6.07) is 10.4. The normalized spacial score (nSPS) is 26.2. The van der Waals surface area contributed by atoms with Crippen LogP contribution < -0.4 is 0 Å². The molecular weight excluding hydrogens is 252 g/mol. The maximum absolute atomic E-state index is 5.89. The number of hydrogen-bond acceptors (Lipinski definition) is 1.